The molecule has 0 bridgehead atoms. The standard InChI is InChI=1S/C13H15BF2N4/c15-14(16)20-8-2-4-12(20)13(11-3-1-5-18-11)19-9-6-17-7-10-19/h1-5,8,17H,6-7,9-10H2/b13-11+. The molecule has 3 heterocycles. The van der Waals surface area contributed by atoms with E-state index >= 15 is 0 Å². The first-order chi connectivity index (χ1) is 9.77. The van der Waals surface area contributed by atoms with Crippen LogP contribution in [0.1, 0.15) is 5.69 Å². The van der Waals surface area contributed by atoms with Gasteiger partial charge in [0.2, 0.25) is 0 Å². The minimum Gasteiger partial charge on any atom is -0.366 e. The van der Waals surface area contributed by atoms with Crippen LogP contribution in [0, 0.1) is 0 Å². The third-order valence-electron chi connectivity index (χ3n) is 3.46. The Labute approximate surface area is 116 Å². The van der Waals surface area contributed by atoms with Gasteiger partial charge in [0.25, 0.3) is 0 Å². The molecule has 0 radical (unpaired) electrons. The van der Waals surface area contributed by atoms with Crippen molar-refractivity contribution in [2.75, 3.05) is 26.2 Å². The minimum absolute atomic E-state index is 0.514. The number of rotatable bonds is 3. The fourth-order valence-electron chi connectivity index (χ4n) is 2.55. The Balaban J connectivity index is 2.06. The first-order valence-electron chi connectivity index (χ1n) is 6.63. The van der Waals surface area contributed by atoms with Crippen LogP contribution in [0.15, 0.2) is 41.2 Å². The summed E-state index contributed by atoms with van der Waals surface area (Å²) >= 11 is 0. The van der Waals surface area contributed by atoms with Crippen LogP contribution in [0.3, 0.4) is 0 Å². The second kappa shape index (κ2) is 5.62. The molecule has 1 fully saturated rings. The van der Waals surface area contributed by atoms with E-state index in [0.717, 1.165) is 42.1 Å². The molecule has 0 atom stereocenters. The molecule has 0 aliphatic carbocycles. The molecule has 0 saturated carbocycles. The summed E-state index contributed by atoms with van der Waals surface area (Å²) in [5.74, 6) is 0. The summed E-state index contributed by atoms with van der Waals surface area (Å²) in [4.78, 5) is 6.41. The molecule has 2 aliphatic rings. The molecule has 1 aromatic heterocycles. The van der Waals surface area contributed by atoms with E-state index in [2.05, 4.69) is 15.2 Å². The van der Waals surface area contributed by atoms with E-state index in [-0.39, 0.29) is 0 Å². The Kier molecular flexibility index (Phi) is 3.69. The average molecular weight is 276 g/mol. The lowest BCUT2D eigenvalue weighted by Crippen LogP contribution is -2.43. The van der Waals surface area contributed by atoms with Crippen LogP contribution in [0.2, 0.25) is 0 Å². The zero-order valence-corrected chi connectivity index (χ0v) is 11.0. The van der Waals surface area contributed by atoms with Crippen molar-refractivity contribution < 1.29 is 8.63 Å². The van der Waals surface area contributed by atoms with Crippen LogP contribution < -0.4 is 5.32 Å². The van der Waals surface area contributed by atoms with Crippen LogP contribution >= 0.6 is 0 Å². The number of halogens is 2. The van der Waals surface area contributed by atoms with Gasteiger partial charge in [-0.3, -0.25) is 13.6 Å². The van der Waals surface area contributed by atoms with Gasteiger partial charge in [0, 0.05) is 32.4 Å². The summed E-state index contributed by atoms with van der Waals surface area (Å²) in [5, 5.41) is 3.27. The highest BCUT2D eigenvalue weighted by Crippen LogP contribution is 2.27. The predicted octanol–water partition coefficient (Wildman–Crippen LogP) is 1.47. The van der Waals surface area contributed by atoms with Gasteiger partial charge in [-0.05, 0) is 30.5 Å². The van der Waals surface area contributed by atoms with Gasteiger partial charge in [0.05, 0.1) is 17.1 Å². The minimum atomic E-state index is -2.55. The van der Waals surface area contributed by atoms with Gasteiger partial charge in [-0.2, -0.15) is 0 Å². The molecule has 0 aromatic carbocycles. The summed E-state index contributed by atoms with van der Waals surface area (Å²) in [5.41, 5.74) is 2.04. The van der Waals surface area contributed by atoms with Crippen molar-refractivity contribution in [3.63, 3.8) is 0 Å². The summed E-state index contributed by atoms with van der Waals surface area (Å²) in [6, 6.07) is 3.37. The Hall–Kier alpha value is -1.89. The van der Waals surface area contributed by atoms with Crippen molar-refractivity contribution >= 4 is 19.3 Å². The van der Waals surface area contributed by atoms with Crippen LogP contribution in [0.25, 0.3) is 5.70 Å². The zero-order valence-electron chi connectivity index (χ0n) is 11.0. The Morgan fingerprint density at radius 1 is 1.30 bits per heavy atom. The Bertz CT molecular complexity index is 557. The highest BCUT2D eigenvalue weighted by molar-refractivity contribution is 6.41. The molecule has 1 aromatic rings. The maximum Gasteiger partial charge on any atom is 0.677 e. The average Bonchev–Trinajstić information content (AvgIpc) is 3.12. The fourth-order valence-corrected chi connectivity index (χ4v) is 2.55. The monoisotopic (exact) mass is 276 g/mol. The van der Waals surface area contributed by atoms with E-state index in [4.69, 9.17) is 0 Å². The lowest BCUT2D eigenvalue weighted by Gasteiger charge is -2.32. The fraction of sp³-hybridized carbons (Fsp3) is 0.308. The molecule has 0 unspecified atom stereocenters. The van der Waals surface area contributed by atoms with Crippen molar-refractivity contribution in [1.82, 2.24) is 14.7 Å². The van der Waals surface area contributed by atoms with E-state index in [1.807, 2.05) is 12.2 Å². The number of aliphatic imine (C=N–C) groups is 1. The van der Waals surface area contributed by atoms with E-state index in [1.165, 1.54) is 6.20 Å². The molecule has 4 nitrogen and oxygen atoms in total. The van der Waals surface area contributed by atoms with Crippen LogP contribution in [0.5, 0.6) is 0 Å². The summed E-state index contributed by atoms with van der Waals surface area (Å²) in [6.45, 7) is 3.27. The summed E-state index contributed by atoms with van der Waals surface area (Å²) < 4.78 is 27.2. The summed E-state index contributed by atoms with van der Waals surface area (Å²) in [6.07, 6.45) is 6.78. The predicted molar refractivity (Wildman–Crippen MR) is 76.8 cm³/mol. The second-order valence-electron chi connectivity index (χ2n) is 4.69. The van der Waals surface area contributed by atoms with Gasteiger partial charge < -0.3 is 14.7 Å². The van der Waals surface area contributed by atoms with Gasteiger partial charge in [0.15, 0.2) is 0 Å². The molecule has 104 valence electrons. The molecule has 0 amide bonds. The number of nitrogens with zero attached hydrogens (tertiary/aromatic N) is 3. The molecule has 0 spiro atoms. The molecule has 2 aliphatic heterocycles. The lowest BCUT2D eigenvalue weighted by atomic mass is 10.1. The molecular formula is C13H15BF2N4. The van der Waals surface area contributed by atoms with Crippen LogP contribution in [-0.4, -0.2) is 49.2 Å². The third kappa shape index (κ3) is 2.41. The van der Waals surface area contributed by atoms with E-state index in [9.17, 15) is 8.63 Å². The van der Waals surface area contributed by atoms with Crippen LogP contribution in [0.4, 0.5) is 8.63 Å². The number of allylic oxidation sites excluding steroid dienone is 2. The van der Waals surface area contributed by atoms with Gasteiger partial charge >= 0.3 is 7.40 Å². The normalized spacial score (nSPS) is 20.6. The number of piperazine rings is 1. The van der Waals surface area contributed by atoms with Crippen molar-refractivity contribution in [2.45, 2.75) is 0 Å². The Morgan fingerprint density at radius 2 is 2.10 bits per heavy atom. The van der Waals surface area contributed by atoms with Crippen molar-refractivity contribution in [1.29, 1.82) is 0 Å². The van der Waals surface area contributed by atoms with E-state index < -0.39 is 7.40 Å². The lowest BCUT2D eigenvalue weighted by molar-refractivity contribution is 0.338. The molecule has 7 heteroatoms. The largest absolute Gasteiger partial charge is 0.677 e. The SMILES string of the molecule is FB(F)n1cccc1/C(=C1/C=CC=N1)N1CCNCC1. The quantitative estimate of drug-likeness (QED) is 0.848. The molecular weight excluding hydrogens is 261 g/mol. The second-order valence-corrected chi connectivity index (χ2v) is 4.69. The van der Waals surface area contributed by atoms with E-state index in [0.29, 0.717) is 5.69 Å². The van der Waals surface area contributed by atoms with Crippen molar-refractivity contribution in [2.24, 2.45) is 4.99 Å². The molecule has 1 saturated heterocycles. The van der Waals surface area contributed by atoms with Gasteiger partial charge in [-0.25, -0.2) is 0 Å². The molecule has 20 heavy (non-hydrogen) atoms. The Morgan fingerprint density at radius 3 is 2.75 bits per heavy atom. The van der Waals surface area contributed by atoms with Gasteiger partial charge in [-0.15, -0.1) is 0 Å². The smallest absolute Gasteiger partial charge is 0.366 e. The highest BCUT2D eigenvalue weighted by Gasteiger charge is 2.26. The number of nitrogens with one attached hydrogen (secondary N) is 1. The summed E-state index contributed by atoms with van der Waals surface area (Å²) in [7, 11) is -2.55. The number of hydrogen-bond acceptors (Lipinski definition) is 3. The number of aromatic nitrogens is 1. The number of hydrogen-bond donors (Lipinski definition) is 1. The maximum atomic E-state index is 13.1. The van der Waals surface area contributed by atoms with Crippen molar-refractivity contribution in [3.8, 4) is 0 Å². The topological polar surface area (TPSA) is 32.6 Å². The first-order valence-corrected chi connectivity index (χ1v) is 6.63. The first kappa shape index (κ1) is 13.1. The molecule has 3 rings (SSSR count). The zero-order chi connectivity index (χ0) is 13.9. The van der Waals surface area contributed by atoms with E-state index in [1.54, 1.807) is 18.3 Å². The highest BCUT2D eigenvalue weighted by atomic mass is 19.2. The van der Waals surface area contributed by atoms with Crippen molar-refractivity contribution in [3.05, 3.63) is 41.9 Å². The van der Waals surface area contributed by atoms with Crippen LogP contribution in [-0.2, 0) is 0 Å². The van der Waals surface area contributed by atoms with Gasteiger partial charge in [-0.1, -0.05) is 0 Å². The third-order valence-corrected chi connectivity index (χ3v) is 3.46. The maximum absolute atomic E-state index is 13.1. The van der Waals surface area contributed by atoms with Gasteiger partial charge in [0.1, 0.15) is 0 Å². The molecule has 1 N–H and O–H groups in total.